The van der Waals surface area contributed by atoms with Crippen LogP contribution in [0.3, 0.4) is 0 Å². The van der Waals surface area contributed by atoms with Gasteiger partial charge < -0.3 is 10.0 Å². The van der Waals surface area contributed by atoms with E-state index in [1.165, 1.54) is 22.0 Å². The molecular formula is C12H17N3O4. The smallest absolute Gasteiger partial charge is 0.407 e. The Morgan fingerprint density at radius 2 is 1.63 bits per heavy atom. The normalized spacial score (nSPS) is 20.4. The first-order chi connectivity index (χ1) is 9.08. The van der Waals surface area contributed by atoms with Gasteiger partial charge in [-0.3, -0.25) is 19.4 Å². The zero-order chi connectivity index (χ0) is 13.8. The molecule has 0 aromatic heterocycles. The number of imide groups is 1. The van der Waals surface area contributed by atoms with Gasteiger partial charge in [0.2, 0.25) is 0 Å². The third-order valence-electron chi connectivity index (χ3n) is 3.40. The Hall–Kier alpha value is -1.89. The van der Waals surface area contributed by atoms with Gasteiger partial charge in [0.1, 0.15) is 0 Å². The number of hydrogen-bond donors (Lipinski definition) is 1. The highest BCUT2D eigenvalue weighted by atomic mass is 16.4. The molecule has 2 rings (SSSR count). The maximum atomic E-state index is 11.3. The Bertz CT molecular complexity index is 395. The highest BCUT2D eigenvalue weighted by molar-refractivity contribution is 6.12. The van der Waals surface area contributed by atoms with Crippen molar-refractivity contribution in [2.24, 2.45) is 0 Å². The van der Waals surface area contributed by atoms with Crippen LogP contribution >= 0.6 is 0 Å². The third kappa shape index (κ3) is 3.31. The van der Waals surface area contributed by atoms with E-state index in [4.69, 9.17) is 5.11 Å². The predicted molar refractivity (Wildman–Crippen MR) is 66.5 cm³/mol. The molecule has 0 radical (unpaired) electrons. The number of hydrogen-bond acceptors (Lipinski definition) is 4. The average Bonchev–Trinajstić information content (AvgIpc) is 2.71. The van der Waals surface area contributed by atoms with Crippen LogP contribution in [-0.4, -0.2) is 77.0 Å². The summed E-state index contributed by atoms with van der Waals surface area (Å²) in [4.78, 5) is 38.2. The zero-order valence-corrected chi connectivity index (χ0v) is 10.6. The quantitative estimate of drug-likeness (QED) is 0.701. The SMILES string of the molecule is O=C(O)N1CCN(CCCN2C(=O)C=CC2=O)CC1. The fraction of sp³-hybridized carbons (Fsp3) is 0.583. The van der Waals surface area contributed by atoms with E-state index in [1.54, 1.807) is 0 Å². The first-order valence-electron chi connectivity index (χ1n) is 6.31. The largest absolute Gasteiger partial charge is 0.465 e. The van der Waals surface area contributed by atoms with Gasteiger partial charge in [0.05, 0.1) is 0 Å². The minimum Gasteiger partial charge on any atom is -0.465 e. The molecular weight excluding hydrogens is 250 g/mol. The average molecular weight is 267 g/mol. The van der Waals surface area contributed by atoms with Crippen molar-refractivity contribution in [3.63, 3.8) is 0 Å². The van der Waals surface area contributed by atoms with E-state index in [2.05, 4.69) is 4.90 Å². The van der Waals surface area contributed by atoms with Crippen LogP contribution < -0.4 is 0 Å². The lowest BCUT2D eigenvalue weighted by Gasteiger charge is -2.33. The van der Waals surface area contributed by atoms with Crippen LogP contribution in [0.2, 0.25) is 0 Å². The first kappa shape index (κ1) is 13.5. The number of carboxylic acid groups (broad SMARTS) is 1. The highest BCUT2D eigenvalue weighted by Gasteiger charge is 2.24. The fourth-order valence-corrected chi connectivity index (χ4v) is 2.27. The van der Waals surface area contributed by atoms with Gasteiger partial charge in [-0.15, -0.1) is 0 Å². The molecule has 0 spiro atoms. The molecule has 0 unspecified atom stereocenters. The molecule has 7 heteroatoms. The molecule has 0 aliphatic carbocycles. The Balaban J connectivity index is 1.66. The molecule has 0 saturated carbocycles. The summed E-state index contributed by atoms with van der Waals surface area (Å²) in [6.07, 6.45) is 2.41. The summed E-state index contributed by atoms with van der Waals surface area (Å²) >= 11 is 0. The molecule has 3 amide bonds. The van der Waals surface area contributed by atoms with Crippen molar-refractivity contribution in [1.29, 1.82) is 0 Å². The summed E-state index contributed by atoms with van der Waals surface area (Å²) in [5.74, 6) is -0.499. The van der Waals surface area contributed by atoms with Crippen molar-refractivity contribution in [2.45, 2.75) is 6.42 Å². The minimum atomic E-state index is -0.876. The van der Waals surface area contributed by atoms with E-state index in [-0.39, 0.29) is 11.8 Å². The molecule has 1 N–H and O–H groups in total. The number of piperazine rings is 1. The van der Waals surface area contributed by atoms with Gasteiger partial charge in [-0.25, -0.2) is 4.79 Å². The summed E-state index contributed by atoms with van der Waals surface area (Å²) in [6, 6.07) is 0. The first-order valence-corrected chi connectivity index (χ1v) is 6.31. The summed E-state index contributed by atoms with van der Waals surface area (Å²) < 4.78 is 0. The van der Waals surface area contributed by atoms with Crippen LogP contribution in [0.5, 0.6) is 0 Å². The third-order valence-corrected chi connectivity index (χ3v) is 3.40. The van der Waals surface area contributed by atoms with Gasteiger partial charge in [-0.2, -0.15) is 0 Å². The summed E-state index contributed by atoms with van der Waals surface area (Å²) in [6.45, 7) is 3.62. The summed E-state index contributed by atoms with van der Waals surface area (Å²) in [7, 11) is 0. The number of nitrogens with zero attached hydrogens (tertiary/aromatic N) is 3. The second kappa shape index (κ2) is 5.83. The lowest BCUT2D eigenvalue weighted by molar-refractivity contribution is -0.136. The second-order valence-electron chi connectivity index (χ2n) is 4.63. The number of carbonyl (C=O) groups excluding carboxylic acids is 2. The van der Waals surface area contributed by atoms with Gasteiger partial charge in [0.15, 0.2) is 0 Å². The Labute approximate surface area is 111 Å². The molecule has 0 aromatic carbocycles. The fourth-order valence-electron chi connectivity index (χ4n) is 2.27. The lowest BCUT2D eigenvalue weighted by atomic mass is 10.3. The van der Waals surface area contributed by atoms with Crippen molar-refractivity contribution in [3.05, 3.63) is 12.2 Å². The number of rotatable bonds is 4. The van der Waals surface area contributed by atoms with E-state index in [0.717, 1.165) is 6.54 Å². The number of carbonyl (C=O) groups is 3. The van der Waals surface area contributed by atoms with E-state index in [9.17, 15) is 14.4 Å². The second-order valence-corrected chi connectivity index (χ2v) is 4.63. The van der Waals surface area contributed by atoms with Gasteiger partial charge in [-0.05, 0) is 13.0 Å². The van der Waals surface area contributed by atoms with Crippen molar-refractivity contribution in [2.75, 3.05) is 39.3 Å². The molecule has 2 aliphatic rings. The molecule has 1 saturated heterocycles. The standard InChI is InChI=1S/C12H17N3O4/c16-10-2-3-11(17)15(10)5-1-4-13-6-8-14(9-7-13)12(18)19/h2-3H,1,4-9H2,(H,18,19). The van der Waals surface area contributed by atoms with Gasteiger partial charge in [-0.1, -0.05) is 0 Å². The summed E-state index contributed by atoms with van der Waals surface area (Å²) in [5, 5.41) is 8.82. The molecule has 0 aromatic rings. The maximum absolute atomic E-state index is 11.3. The van der Waals surface area contributed by atoms with E-state index >= 15 is 0 Å². The van der Waals surface area contributed by atoms with Gasteiger partial charge >= 0.3 is 6.09 Å². The predicted octanol–water partition coefficient (Wildman–Crippen LogP) is -0.403. The lowest BCUT2D eigenvalue weighted by Crippen LogP contribution is -2.48. The van der Waals surface area contributed by atoms with Gasteiger partial charge in [0.25, 0.3) is 11.8 Å². The van der Waals surface area contributed by atoms with Crippen molar-refractivity contribution in [3.8, 4) is 0 Å². The highest BCUT2D eigenvalue weighted by Crippen LogP contribution is 2.06. The van der Waals surface area contributed by atoms with E-state index in [1.807, 2.05) is 0 Å². The monoisotopic (exact) mass is 267 g/mol. The summed E-state index contributed by atoms with van der Waals surface area (Å²) in [5.41, 5.74) is 0. The van der Waals surface area contributed by atoms with Crippen molar-refractivity contribution >= 4 is 17.9 Å². The van der Waals surface area contributed by atoms with Crippen LogP contribution in [0.1, 0.15) is 6.42 Å². The van der Waals surface area contributed by atoms with Crippen LogP contribution in [0.25, 0.3) is 0 Å². The van der Waals surface area contributed by atoms with Gasteiger partial charge in [0, 0.05) is 44.9 Å². The van der Waals surface area contributed by atoms with Crippen molar-refractivity contribution < 1.29 is 19.5 Å². The van der Waals surface area contributed by atoms with E-state index < -0.39 is 6.09 Å². The zero-order valence-electron chi connectivity index (χ0n) is 10.6. The van der Waals surface area contributed by atoms with Crippen molar-refractivity contribution in [1.82, 2.24) is 14.7 Å². The topological polar surface area (TPSA) is 81.2 Å². The van der Waals surface area contributed by atoms with E-state index in [0.29, 0.717) is 39.1 Å². The molecule has 7 nitrogen and oxygen atoms in total. The molecule has 0 atom stereocenters. The maximum Gasteiger partial charge on any atom is 0.407 e. The van der Waals surface area contributed by atoms with Crippen LogP contribution in [-0.2, 0) is 9.59 Å². The minimum absolute atomic E-state index is 0.249. The van der Waals surface area contributed by atoms with Crippen LogP contribution in [0, 0.1) is 0 Å². The molecule has 2 aliphatic heterocycles. The van der Waals surface area contributed by atoms with Crippen LogP contribution in [0.4, 0.5) is 4.79 Å². The molecule has 1 fully saturated rings. The molecule has 0 bridgehead atoms. The van der Waals surface area contributed by atoms with Crippen LogP contribution in [0.15, 0.2) is 12.2 Å². The molecule has 2 heterocycles. The Morgan fingerprint density at radius 3 is 2.16 bits per heavy atom. The Kier molecular flexibility index (Phi) is 4.16. The Morgan fingerprint density at radius 1 is 1.05 bits per heavy atom. The molecule has 19 heavy (non-hydrogen) atoms. The number of amides is 3. The molecule has 104 valence electrons.